The average Bonchev–Trinajstić information content (AvgIpc) is 2.47. The number of amides is 1. The van der Waals surface area contributed by atoms with Crippen molar-refractivity contribution in [3.8, 4) is 0 Å². The predicted molar refractivity (Wildman–Crippen MR) is 80.6 cm³/mol. The molecule has 1 heterocycles. The molecule has 0 aliphatic rings. The molecule has 2 rings (SSSR count). The third-order valence-electron chi connectivity index (χ3n) is 2.95. The van der Waals surface area contributed by atoms with E-state index in [0.29, 0.717) is 16.6 Å². The van der Waals surface area contributed by atoms with Crippen molar-refractivity contribution in [2.75, 3.05) is 0 Å². The SMILES string of the molecule is C/C=C\C(=C/C)NC(=O)c1c[nH]c2ccccc2c1=O. The fraction of sp³-hybridized carbons (Fsp3) is 0.125. The maximum absolute atomic E-state index is 12.3. The smallest absolute Gasteiger partial charge is 0.261 e. The Hall–Kier alpha value is -2.62. The fourth-order valence-electron chi connectivity index (χ4n) is 1.92. The van der Waals surface area contributed by atoms with E-state index in [2.05, 4.69) is 10.3 Å². The predicted octanol–water partition coefficient (Wildman–Crippen LogP) is 2.74. The lowest BCUT2D eigenvalue weighted by molar-refractivity contribution is 0.0966. The van der Waals surface area contributed by atoms with Crippen LogP contribution >= 0.6 is 0 Å². The number of hydrogen-bond acceptors (Lipinski definition) is 2. The molecule has 0 bridgehead atoms. The van der Waals surface area contributed by atoms with E-state index in [0.717, 1.165) is 0 Å². The maximum Gasteiger partial charge on any atom is 0.261 e. The minimum Gasteiger partial charge on any atom is -0.360 e. The molecule has 0 atom stereocenters. The molecule has 0 saturated heterocycles. The van der Waals surface area contributed by atoms with Gasteiger partial charge < -0.3 is 10.3 Å². The van der Waals surface area contributed by atoms with Gasteiger partial charge in [-0.1, -0.05) is 24.3 Å². The van der Waals surface area contributed by atoms with Gasteiger partial charge in [0.25, 0.3) is 5.91 Å². The van der Waals surface area contributed by atoms with Gasteiger partial charge in [-0.25, -0.2) is 0 Å². The second-order valence-electron chi connectivity index (χ2n) is 4.28. The van der Waals surface area contributed by atoms with Crippen molar-refractivity contribution in [3.05, 3.63) is 70.2 Å². The molecule has 2 N–H and O–H groups in total. The van der Waals surface area contributed by atoms with Crippen LogP contribution in [-0.2, 0) is 0 Å². The summed E-state index contributed by atoms with van der Waals surface area (Å²) in [6.45, 7) is 3.68. The minimum atomic E-state index is -0.414. The number of carbonyl (C=O) groups is 1. The third-order valence-corrected chi connectivity index (χ3v) is 2.95. The van der Waals surface area contributed by atoms with E-state index >= 15 is 0 Å². The van der Waals surface area contributed by atoms with Gasteiger partial charge in [0.2, 0.25) is 5.43 Å². The van der Waals surface area contributed by atoms with E-state index in [4.69, 9.17) is 0 Å². The lowest BCUT2D eigenvalue weighted by Crippen LogP contribution is -2.27. The summed E-state index contributed by atoms with van der Waals surface area (Å²) in [6, 6.07) is 7.11. The Bertz CT molecular complexity index is 754. The zero-order valence-electron chi connectivity index (χ0n) is 11.4. The van der Waals surface area contributed by atoms with E-state index in [1.807, 2.05) is 26.0 Å². The molecular formula is C16H16N2O2. The van der Waals surface area contributed by atoms with Crippen molar-refractivity contribution in [2.45, 2.75) is 13.8 Å². The average molecular weight is 268 g/mol. The van der Waals surface area contributed by atoms with Crippen molar-refractivity contribution in [3.63, 3.8) is 0 Å². The molecule has 0 radical (unpaired) electrons. The van der Waals surface area contributed by atoms with Crippen molar-refractivity contribution >= 4 is 16.8 Å². The zero-order chi connectivity index (χ0) is 14.5. The van der Waals surface area contributed by atoms with Gasteiger partial charge in [-0.2, -0.15) is 0 Å². The highest BCUT2D eigenvalue weighted by molar-refractivity contribution is 5.98. The highest BCUT2D eigenvalue weighted by atomic mass is 16.2. The van der Waals surface area contributed by atoms with Gasteiger partial charge in [-0.3, -0.25) is 9.59 Å². The molecule has 102 valence electrons. The Morgan fingerprint density at radius 3 is 2.70 bits per heavy atom. The van der Waals surface area contributed by atoms with E-state index in [9.17, 15) is 9.59 Å². The highest BCUT2D eigenvalue weighted by Gasteiger charge is 2.12. The van der Waals surface area contributed by atoms with Crippen LogP contribution in [0.2, 0.25) is 0 Å². The van der Waals surface area contributed by atoms with Gasteiger partial charge in [0.15, 0.2) is 0 Å². The molecule has 1 amide bonds. The summed E-state index contributed by atoms with van der Waals surface area (Å²) in [6.07, 6.45) is 6.81. The fourth-order valence-corrected chi connectivity index (χ4v) is 1.92. The highest BCUT2D eigenvalue weighted by Crippen LogP contribution is 2.07. The van der Waals surface area contributed by atoms with Gasteiger partial charge in [0.05, 0.1) is 0 Å². The molecule has 2 aromatic rings. The molecule has 4 nitrogen and oxygen atoms in total. The number of allylic oxidation sites excluding steroid dienone is 3. The second-order valence-corrected chi connectivity index (χ2v) is 4.28. The first kappa shape index (κ1) is 13.8. The summed E-state index contributed by atoms with van der Waals surface area (Å²) < 4.78 is 0. The summed E-state index contributed by atoms with van der Waals surface area (Å²) in [5.41, 5.74) is 1.21. The van der Waals surface area contributed by atoms with Crippen LogP contribution in [0.3, 0.4) is 0 Å². The molecule has 0 spiro atoms. The van der Waals surface area contributed by atoms with E-state index < -0.39 is 5.91 Å². The van der Waals surface area contributed by atoms with E-state index in [1.165, 1.54) is 6.20 Å². The van der Waals surface area contributed by atoms with E-state index in [1.54, 1.807) is 30.4 Å². The molecule has 1 aromatic heterocycles. The summed E-state index contributed by atoms with van der Waals surface area (Å²) in [4.78, 5) is 27.4. The Balaban J connectivity index is 2.41. The van der Waals surface area contributed by atoms with Crippen LogP contribution in [0.15, 0.2) is 59.2 Å². The number of carbonyl (C=O) groups excluding carboxylic acids is 1. The van der Waals surface area contributed by atoms with Gasteiger partial charge in [-0.05, 0) is 32.1 Å². The van der Waals surface area contributed by atoms with E-state index in [-0.39, 0.29) is 11.0 Å². The van der Waals surface area contributed by atoms with Gasteiger partial charge in [0, 0.05) is 22.8 Å². The number of hydrogen-bond donors (Lipinski definition) is 2. The molecular weight excluding hydrogens is 252 g/mol. The number of aromatic nitrogens is 1. The molecule has 20 heavy (non-hydrogen) atoms. The van der Waals surface area contributed by atoms with Crippen LogP contribution in [0, 0.1) is 0 Å². The van der Waals surface area contributed by atoms with Crippen LogP contribution in [0.4, 0.5) is 0 Å². The lowest BCUT2D eigenvalue weighted by Gasteiger charge is -2.06. The standard InChI is InChI=1S/C16H16N2O2/c1-3-7-11(4-2)18-16(20)13-10-17-14-9-6-5-8-12(14)15(13)19/h3-10H,1-2H3,(H,17,19)(H,18,20)/b7-3-,11-4+. The number of para-hydroxylation sites is 1. The first-order chi connectivity index (χ1) is 9.67. The topological polar surface area (TPSA) is 62.0 Å². The third kappa shape index (κ3) is 2.69. The molecule has 0 fully saturated rings. The number of aromatic amines is 1. The van der Waals surface area contributed by atoms with Gasteiger partial charge in [-0.15, -0.1) is 0 Å². The molecule has 1 aromatic carbocycles. The largest absolute Gasteiger partial charge is 0.360 e. The minimum absolute atomic E-state index is 0.104. The Labute approximate surface area is 116 Å². The van der Waals surface area contributed by atoms with Gasteiger partial charge >= 0.3 is 0 Å². The summed E-state index contributed by atoms with van der Waals surface area (Å²) >= 11 is 0. The second kappa shape index (κ2) is 6.02. The number of pyridine rings is 1. The number of benzene rings is 1. The zero-order valence-corrected chi connectivity index (χ0v) is 11.4. The van der Waals surface area contributed by atoms with Crippen LogP contribution < -0.4 is 10.7 Å². The number of fused-ring (bicyclic) bond motifs is 1. The number of rotatable bonds is 3. The quantitative estimate of drug-likeness (QED) is 0.841. The summed E-state index contributed by atoms with van der Waals surface area (Å²) in [5.74, 6) is -0.414. The van der Waals surface area contributed by atoms with Crippen LogP contribution in [-0.4, -0.2) is 10.9 Å². The number of nitrogens with one attached hydrogen (secondary N) is 2. The monoisotopic (exact) mass is 268 g/mol. The Morgan fingerprint density at radius 2 is 2.00 bits per heavy atom. The maximum atomic E-state index is 12.3. The first-order valence-corrected chi connectivity index (χ1v) is 6.38. The Kier molecular flexibility index (Phi) is 4.15. The molecule has 4 heteroatoms. The van der Waals surface area contributed by atoms with Crippen molar-refractivity contribution in [1.29, 1.82) is 0 Å². The summed E-state index contributed by atoms with van der Waals surface area (Å²) in [5, 5.41) is 3.21. The van der Waals surface area contributed by atoms with Crippen LogP contribution in [0.5, 0.6) is 0 Å². The van der Waals surface area contributed by atoms with Gasteiger partial charge in [0.1, 0.15) is 5.56 Å². The Morgan fingerprint density at radius 1 is 1.25 bits per heavy atom. The van der Waals surface area contributed by atoms with Crippen LogP contribution in [0.25, 0.3) is 10.9 Å². The van der Waals surface area contributed by atoms with Crippen LogP contribution in [0.1, 0.15) is 24.2 Å². The molecule has 0 saturated carbocycles. The van der Waals surface area contributed by atoms with Crippen molar-refractivity contribution in [1.82, 2.24) is 10.3 Å². The lowest BCUT2D eigenvalue weighted by atomic mass is 10.1. The van der Waals surface area contributed by atoms with Crippen molar-refractivity contribution < 1.29 is 4.79 Å². The molecule has 0 aliphatic heterocycles. The number of H-pyrrole nitrogens is 1. The van der Waals surface area contributed by atoms with Crippen molar-refractivity contribution in [2.24, 2.45) is 0 Å². The molecule has 0 aliphatic carbocycles. The first-order valence-electron chi connectivity index (χ1n) is 6.38. The molecule has 0 unspecified atom stereocenters. The normalized spacial score (nSPS) is 12.0. The summed E-state index contributed by atoms with van der Waals surface area (Å²) in [7, 11) is 0.